The van der Waals surface area contributed by atoms with Crippen molar-refractivity contribution in [1.29, 1.82) is 0 Å². The van der Waals surface area contributed by atoms with Gasteiger partial charge in [0.15, 0.2) is 0 Å². The van der Waals surface area contributed by atoms with Crippen LogP contribution in [-0.2, 0) is 12.8 Å². The first-order valence-electron chi connectivity index (χ1n) is 17.3. The van der Waals surface area contributed by atoms with E-state index in [0.29, 0.717) is 11.4 Å². The van der Waals surface area contributed by atoms with Gasteiger partial charge in [-0.25, -0.2) is 9.97 Å². The molecule has 6 aromatic rings. The Morgan fingerprint density at radius 3 is 1.55 bits per heavy atom. The molecule has 5 heterocycles. The van der Waals surface area contributed by atoms with Crippen LogP contribution in [0.2, 0.25) is 0 Å². The van der Waals surface area contributed by atoms with E-state index in [1.807, 2.05) is 24.3 Å². The number of aryl methyl sites for hydroxylation is 3. The molecule has 6 nitrogen and oxygen atoms in total. The number of aromatic nitrogens is 4. The molecule has 3 aliphatic heterocycles. The minimum atomic E-state index is 0.590. The number of H-pyrrole nitrogens is 2. The minimum Gasteiger partial charge on any atom is -0.399 e. The average Bonchev–Trinajstić information content (AvgIpc) is 3.98. The third kappa shape index (κ3) is 5.47. The molecule has 0 fully saturated rings. The maximum atomic E-state index is 6.70. The Kier molecular flexibility index (Phi) is 7.36. The maximum absolute atomic E-state index is 6.70. The zero-order chi connectivity index (χ0) is 34.5. The van der Waals surface area contributed by atoms with Crippen LogP contribution in [-0.4, -0.2) is 19.9 Å². The largest absolute Gasteiger partial charge is 0.399 e. The van der Waals surface area contributed by atoms with Crippen molar-refractivity contribution in [2.24, 2.45) is 0 Å². The molecule has 0 saturated heterocycles. The summed E-state index contributed by atoms with van der Waals surface area (Å²) in [6, 6.07) is 39.7. The monoisotopic (exact) mass is 660 g/mol. The van der Waals surface area contributed by atoms with Crippen molar-refractivity contribution in [3.8, 4) is 44.5 Å². The minimum absolute atomic E-state index is 0.590. The van der Waals surface area contributed by atoms with Gasteiger partial charge in [-0.15, -0.1) is 0 Å². The van der Waals surface area contributed by atoms with Crippen molar-refractivity contribution in [2.45, 2.75) is 19.8 Å². The number of benzene rings is 4. The number of nitrogens with zero attached hydrogens (tertiary/aromatic N) is 2. The molecule has 3 aliphatic rings. The van der Waals surface area contributed by atoms with Gasteiger partial charge in [-0.1, -0.05) is 96.6 Å². The predicted molar refractivity (Wildman–Crippen MR) is 213 cm³/mol. The van der Waals surface area contributed by atoms with Crippen LogP contribution >= 0.6 is 0 Å². The lowest BCUT2D eigenvalue weighted by Gasteiger charge is -2.09. The van der Waals surface area contributed by atoms with Crippen molar-refractivity contribution in [3.05, 3.63) is 155 Å². The topological polar surface area (TPSA) is 109 Å². The summed E-state index contributed by atoms with van der Waals surface area (Å²) >= 11 is 0. The van der Waals surface area contributed by atoms with Crippen LogP contribution in [0, 0.1) is 6.92 Å². The molecule has 0 atom stereocenters. The molecule has 6 N–H and O–H groups in total. The third-order valence-corrected chi connectivity index (χ3v) is 9.87. The van der Waals surface area contributed by atoms with E-state index in [0.717, 1.165) is 103 Å². The summed E-state index contributed by atoms with van der Waals surface area (Å²) in [5.74, 6) is 0. The number of hydrogen-bond acceptors (Lipinski definition) is 4. The van der Waals surface area contributed by atoms with Crippen LogP contribution in [0.5, 0.6) is 0 Å². The van der Waals surface area contributed by atoms with E-state index in [1.54, 1.807) is 0 Å². The Hall–Kier alpha value is -6.66. The first kappa shape index (κ1) is 30.4. The summed E-state index contributed by atoms with van der Waals surface area (Å²) in [5, 5.41) is 0. The lowest BCUT2D eigenvalue weighted by molar-refractivity contribution is 1.02. The summed E-state index contributed by atoms with van der Waals surface area (Å²) in [4.78, 5) is 18.4. The SMILES string of the molecule is Cc1ccc(-c2c3nc(c(-c4ccc(N)cc4N)c4ccc([nH]4)c(-c4ccccc4)c4nc(c(-c5ccccc5)c5[nH]c2CC5)C=C4)C=C3)cc1. The highest BCUT2D eigenvalue weighted by molar-refractivity contribution is 5.99. The number of nitrogen functional groups attached to an aromatic ring is 2. The van der Waals surface area contributed by atoms with Crippen molar-refractivity contribution in [3.63, 3.8) is 0 Å². The number of aromatic amines is 2. The van der Waals surface area contributed by atoms with Gasteiger partial charge >= 0.3 is 0 Å². The summed E-state index contributed by atoms with van der Waals surface area (Å²) < 4.78 is 0. The summed E-state index contributed by atoms with van der Waals surface area (Å²) in [5.41, 5.74) is 31.2. The zero-order valence-corrected chi connectivity index (χ0v) is 28.2. The van der Waals surface area contributed by atoms with Gasteiger partial charge in [0.1, 0.15) is 0 Å². The van der Waals surface area contributed by atoms with Gasteiger partial charge in [-0.2, -0.15) is 0 Å². The smallest absolute Gasteiger partial charge is 0.0738 e. The van der Waals surface area contributed by atoms with E-state index >= 15 is 0 Å². The number of nitrogens with two attached hydrogens (primary N) is 2. The molecule has 0 radical (unpaired) electrons. The molecule has 0 spiro atoms. The fourth-order valence-electron chi connectivity index (χ4n) is 7.45. The summed E-state index contributed by atoms with van der Waals surface area (Å²) in [6.45, 7) is 2.12. The third-order valence-electron chi connectivity index (χ3n) is 9.87. The average molecular weight is 661 g/mol. The number of rotatable bonds is 4. The van der Waals surface area contributed by atoms with E-state index in [2.05, 4.69) is 132 Å². The van der Waals surface area contributed by atoms with Crippen molar-refractivity contribution in [1.82, 2.24) is 19.9 Å². The molecule has 0 aliphatic carbocycles. The quantitative estimate of drug-likeness (QED) is 0.141. The highest BCUT2D eigenvalue weighted by atomic mass is 14.8. The summed E-state index contributed by atoms with van der Waals surface area (Å²) in [6.07, 6.45) is 10.2. The number of nitrogens with one attached hydrogen (secondary N) is 2. The zero-order valence-electron chi connectivity index (χ0n) is 28.2. The van der Waals surface area contributed by atoms with Crippen LogP contribution < -0.4 is 11.5 Å². The van der Waals surface area contributed by atoms with E-state index in [4.69, 9.17) is 21.4 Å². The molecule has 0 unspecified atom stereocenters. The molecular formula is C45H36N6. The second kappa shape index (κ2) is 12.3. The predicted octanol–water partition coefficient (Wildman–Crippen LogP) is 10.3. The summed E-state index contributed by atoms with van der Waals surface area (Å²) in [7, 11) is 0. The van der Waals surface area contributed by atoms with Crippen LogP contribution in [0.4, 0.5) is 11.4 Å². The molecular weight excluding hydrogens is 625 g/mol. The number of hydrogen-bond donors (Lipinski definition) is 4. The molecule has 2 aromatic heterocycles. The van der Waals surface area contributed by atoms with E-state index < -0.39 is 0 Å². The molecule has 51 heavy (non-hydrogen) atoms. The van der Waals surface area contributed by atoms with E-state index in [-0.39, 0.29) is 0 Å². The van der Waals surface area contributed by atoms with Crippen LogP contribution in [0.1, 0.15) is 39.7 Å². The highest BCUT2D eigenvalue weighted by Crippen LogP contribution is 2.40. The lowest BCUT2D eigenvalue weighted by atomic mass is 9.98. The Bertz CT molecular complexity index is 2590. The van der Waals surface area contributed by atoms with Crippen molar-refractivity contribution < 1.29 is 0 Å². The van der Waals surface area contributed by atoms with Gasteiger partial charge in [0, 0.05) is 61.6 Å². The van der Waals surface area contributed by atoms with Gasteiger partial charge in [0.05, 0.1) is 22.8 Å². The highest BCUT2D eigenvalue weighted by Gasteiger charge is 2.22. The van der Waals surface area contributed by atoms with Gasteiger partial charge in [-0.05, 0) is 85.0 Å². The fourth-order valence-corrected chi connectivity index (χ4v) is 7.45. The van der Waals surface area contributed by atoms with Gasteiger partial charge in [0.25, 0.3) is 0 Å². The molecule has 9 rings (SSSR count). The van der Waals surface area contributed by atoms with Crippen LogP contribution in [0.3, 0.4) is 0 Å². The fraction of sp³-hybridized carbons (Fsp3) is 0.0667. The molecule has 0 amide bonds. The van der Waals surface area contributed by atoms with Crippen molar-refractivity contribution in [2.75, 3.05) is 11.5 Å². The first-order chi connectivity index (χ1) is 25.0. The maximum Gasteiger partial charge on any atom is 0.0738 e. The number of anilines is 2. The molecule has 4 aromatic carbocycles. The van der Waals surface area contributed by atoms with Gasteiger partial charge < -0.3 is 21.4 Å². The Labute approximate surface area is 296 Å². The van der Waals surface area contributed by atoms with Gasteiger partial charge in [0.2, 0.25) is 0 Å². The molecule has 0 saturated carbocycles. The second-order valence-electron chi connectivity index (χ2n) is 13.2. The van der Waals surface area contributed by atoms with Gasteiger partial charge in [-0.3, -0.25) is 0 Å². The molecule has 6 heteroatoms. The van der Waals surface area contributed by atoms with Crippen LogP contribution in [0.25, 0.3) is 79.8 Å². The standard InChI is InChI=1S/C45H36N6/c1-27-12-14-30(15-13-27)44-38-21-20-35(49-38)42(28-8-4-2-5-9-28)34-18-19-36(48-34)43(29-10-6-3-7-11-29)37-22-24-40(50-37)45(41-25-23-39(44)51-41)32-17-16-31(46)26-33(32)47/h2-19,22-26,49-50H,20-21,46-47H2,1H3. The second-order valence-corrected chi connectivity index (χ2v) is 13.2. The van der Waals surface area contributed by atoms with E-state index in [1.165, 1.54) is 5.56 Å². The Morgan fingerprint density at radius 2 is 0.980 bits per heavy atom. The number of fused-ring (bicyclic) bond motifs is 8. The Balaban J connectivity index is 1.47. The molecule has 8 bridgehead atoms. The van der Waals surface area contributed by atoms with E-state index in [9.17, 15) is 0 Å². The van der Waals surface area contributed by atoms with Crippen LogP contribution in [0.15, 0.2) is 115 Å². The normalized spacial score (nSPS) is 12.6. The van der Waals surface area contributed by atoms with Crippen molar-refractivity contribution >= 4 is 46.7 Å². The lowest BCUT2D eigenvalue weighted by Crippen LogP contribution is -1.95. The Morgan fingerprint density at radius 1 is 0.490 bits per heavy atom. The first-order valence-corrected chi connectivity index (χ1v) is 17.3. The molecule has 246 valence electrons.